The highest BCUT2D eigenvalue weighted by Crippen LogP contribution is 2.32. The third-order valence-corrected chi connectivity index (χ3v) is 8.45. The molecule has 2 saturated heterocycles. The molecule has 204 valence electrons. The van der Waals surface area contributed by atoms with E-state index in [9.17, 15) is 19.7 Å². The van der Waals surface area contributed by atoms with E-state index >= 15 is 0 Å². The van der Waals surface area contributed by atoms with Gasteiger partial charge in [0, 0.05) is 48.8 Å². The maximum Gasteiger partial charge on any atom is 0.410 e. The van der Waals surface area contributed by atoms with E-state index in [1.165, 1.54) is 12.1 Å². The van der Waals surface area contributed by atoms with Crippen molar-refractivity contribution < 1.29 is 24.0 Å². The molecule has 0 N–H and O–H groups in total. The summed E-state index contributed by atoms with van der Waals surface area (Å²) in [6.45, 7) is 1.72. The average molecular weight is 543 g/mol. The second-order valence-corrected chi connectivity index (χ2v) is 11.1. The fourth-order valence-corrected chi connectivity index (χ4v) is 6.01. The summed E-state index contributed by atoms with van der Waals surface area (Å²) < 4.78 is 10.8. The van der Waals surface area contributed by atoms with Gasteiger partial charge in [0.15, 0.2) is 0 Å². The molecule has 0 saturated carbocycles. The van der Waals surface area contributed by atoms with E-state index in [1.807, 2.05) is 43.3 Å². The molecule has 0 bridgehead atoms. The molecule has 38 heavy (non-hydrogen) atoms. The van der Waals surface area contributed by atoms with Crippen LogP contribution in [0.2, 0.25) is 0 Å². The third-order valence-electron chi connectivity index (χ3n) is 7.14. The SMILES string of the molecule is COc1ccc(CS[C@H]2C[C@@H](C(=O)N3CC[C@@H](N(C)C)C3)N(C(=O)OCc3ccc([N+](=O)[O-])cc3)C2)cc1. The second kappa shape index (κ2) is 12.5. The van der Waals surface area contributed by atoms with Gasteiger partial charge >= 0.3 is 6.09 Å². The molecule has 0 aliphatic carbocycles. The van der Waals surface area contributed by atoms with Crippen molar-refractivity contribution >= 4 is 29.4 Å². The Kier molecular flexibility index (Phi) is 9.11. The van der Waals surface area contributed by atoms with Crippen LogP contribution in [0.4, 0.5) is 10.5 Å². The molecule has 2 aromatic rings. The third kappa shape index (κ3) is 6.76. The van der Waals surface area contributed by atoms with Crippen LogP contribution in [0, 0.1) is 10.1 Å². The fourth-order valence-electron chi connectivity index (χ4n) is 4.81. The lowest BCUT2D eigenvalue weighted by Gasteiger charge is -2.27. The Morgan fingerprint density at radius 1 is 1.08 bits per heavy atom. The highest BCUT2D eigenvalue weighted by Gasteiger charge is 2.43. The normalized spacial score (nSPS) is 21.1. The van der Waals surface area contributed by atoms with Crippen molar-refractivity contribution in [2.45, 2.75) is 42.5 Å². The molecule has 2 aliphatic rings. The number of ether oxygens (including phenoxy) is 2. The number of likely N-dealkylation sites (tertiary alicyclic amines) is 2. The van der Waals surface area contributed by atoms with Gasteiger partial charge in [0.05, 0.1) is 12.0 Å². The van der Waals surface area contributed by atoms with E-state index in [-0.39, 0.29) is 23.5 Å². The number of carbonyl (C=O) groups excluding carboxylic acids is 2. The van der Waals surface area contributed by atoms with Gasteiger partial charge in [-0.3, -0.25) is 19.8 Å². The number of likely N-dealkylation sites (N-methyl/N-ethyl adjacent to an activating group) is 1. The summed E-state index contributed by atoms with van der Waals surface area (Å²) in [5, 5.41) is 11.0. The van der Waals surface area contributed by atoms with Gasteiger partial charge in [-0.15, -0.1) is 0 Å². The van der Waals surface area contributed by atoms with E-state index in [1.54, 1.807) is 35.9 Å². The van der Waals surface area contributed by atoms with Crippen LogP contribution >= 0.6 is 11.8 Å². The molecule has 2 aliphatic heterocycles. The molecule has 10 nitrogen and oxygen atoms in total. The van der Waals surface area contributed by atoms with Gasteiger partial charge in [-0.2, -0.15) is 11.8 Å². The Labute approximate surface area is 227 Å². The molecule has 3 atom stereocenters. The minimum Gasteiger partial charge on any atom is -0.497 e. The predicted octanol–water partition coefficient (Wildman–Crippen LogP) is 3.78. The predicted molar refractivity (Wildman–Crippen MR) is 145 cm³/mol. The van der Waals surface area contributed by atoms with Gasteiger partial charge in [-0.25, -0.2) is 4.79 Å². The van der Waals surface area contributed by atoms with Gasteiger partial charge in [-0.05, 0) is 62.3 Å². The Bertz CT molecular complexity index is 1130. The number of nitro benzene ring substituents is 1. The van der Waals surface area contributed by atoms with Crippen molar-refractivity contribution in [3.05, 3.63) is 69.8 Å². The molecule has 2 heterocycles. The number of hydrogen-bond donors (Lipinski definition) is 0. The molecule has 2 amide bonds. The fraction of sp³-hybridized carbons (Fsp3) is 0.481. The Morgan fingerprint density at radius 2 is 1.76 bits per heavy atom. The molecule has 0 unspecified atom stereocenters. The van der Waals surface area contributed by atoms with Crippen molar-refractivity contribution in [1.29, 1.82) is 0 Å². The zero-order valence-electron chi connectivity index (χ0n) is 21.9. The summed E-state index contributed by atoms with van der Waals surface area (Å²) in [5.74, 6) is 1.52. The average Bonchev–Trinajstić information content (AvgIpc) is 3.59. The van der Waals surface area contributed by atoms with Gasteiger partial charge in [0.25, 0.3) is 5.69 Å². The molecule has 2 fully saturated rings. The van der Waals surface area contributed by atoms with Crippen LogP contribution in [0.25, 0.3) is 0 Å². The van der Waals surface area contributed by atoms with Crippen LogP contribution in [0.5, 0.6) is 5.75 Å². The summed E-state index contributed by atoms with van der Waals surface area (Å²) in [6.07, 6.45) is 0.929. The number of benzene rings is 2. The largest absolute Gasteiger partial charge is 0.497 e. The molecular formula is C27H34N4O6S. The summed E-state index contributed by atoms with van der Waals surface area (Å²) in [6, 6.07) is 13.5. The van der Waals surface area contributed by atoms with Gasteiger partial charge in [-0.1, -0.05) is 12.1 Å². The van der Waals surface area contributed by atoms with E-state index in [4.69, 9.17) is 9.47 Å². The maximum absolute atomic E-state index is 13.6. The lowest BCUT2D eigenvalue weighted by atomic mass is 10.2. The highest BCUT2D eigenvalue weighted by atomic mass is 32.2. The van der Waals surface area contributed by atoms with Gasteiger partial charge in [0.1, 0.15) is 18.4 Å². The minimum absolute atomic E-state index is 0.0235. The number of methoxy groups -OCH3 is 1. The summed E-state index contributed by atoms with van der Waals surface area (Å²) in [4.78, 5) is 42.7. The number of hydrogen-bond acceptors (Lipinski definition) is 8. The zero-order chi connectivity index (χ0) is 27.2. The Hall–Kier alpha value is -3.31. The van der Waals surface area contributed by atoms with E-state index in [0.29, 0.717) is 37.7 Å². The van der Waals surface area contributed by atoms with E-state index in [2.05, 4.69) is 4.90 Å². The quantitative estimate of drug-likeness (QED) is 0.348. The van der Waals surface area contributed by atoms with Crippen LogP contribution in [-0.2, 0) is 21.9 Å². The highest BCUT2D eigenvalue weighted by molar-refractivity contribution is 7.99. The van der Waals surface area contributed by atoms with Crippen molar-refractivity contribution in [3.63, 3.8) is 0 Å². The van der Waals surface area contributed by atoms with E-state index in [0.717, 1.165) is 23.5 Å². The number of rotatable bonds is 9. The first-order chi connectivity index (χ1) is 18.2. The number of carbonyl (C=O) groups is 2. The number of nitrogens with zero attached hydrogens (tertiary/aromatic N) is 4. The molecule has 11 heteroatoms. The van der Waals surface area contributed by atoms with Crippen LogP contribution in [0.3, 0.4) is 0 Å². The number of thioether (sulfide) groups is 1. The van der Waals surface area contributed by atoms with Crippen molar-refractivity contribution in [2.24, 2.45) is 0 Å². The number of amides is 2. The number of non-ortho nitro benzene ring substituents is 1. The first-order valence-corrected chi connectivity index (χ1v) is 13.7. The Morgan fingerprint density at radius 3 is 2.37 bits per heavy atom. The zero-order valence-corrected chi connectivity index (χ0v) is 22.8. The van der Waals surface area contributed by atoms with Crippen molar-refractivity contribution in [2.75, 3.05) is 40.8 Å². The molecule has 0 aromatic heterocycles. The topological polar surface area (TPSA) is 105 Å². The molecule has 2 aromatic carbocycles. The first kappa shape index (κ1) is 27.7. The maximum atomic E-state index is 13.6. The van der Waals surface area contributed by atoms with Crippen molar-refractivity contribution in [1.82, 2.24) is 14.7 Å². The van der Waals surface area contributed by atoms with Crippen LogP contribution in [-0.4, -0.2) is 89.8 Å². The second-order valence-electron chi connectivity index (χ2n) is 9.85. The molecule has 0 radical (unpaired) electrons. The van der Waals surface area contributed by atoms with Crippen LogP contribution in [0.15, 0.2) is 48.5 Å². The summed E-state index contributed by atoms with van der Waals surface area (Å²) >= 11 is 1.73. The van der Waals surface area contributed by atoms with Crippen LogP contribution in [0.1, 0.15) is 24.0 Å². The lowest BCUT2D eigenvalue weighted by molar-refractivity contribution is -0.384. The molecular weight excluding hydrogens is 508 g/mol. The first-order valence-electron chi connectivity index (χ1n) is 12.6. The summed E-state index contributed by atoms with van der Waals surface area (Å²) in [5.41, 5.74) is 1.76. The smallest absolute Gasteiger partial charge is 0.410 e. The lowest BCUT2D eigenvalue weighted by Crippen LogP contribution is -2.48. The van der Waals surface area contributed by atoms with Crippen molar-refractivity contribution in [3.8, 4) is 5.75 Å². The molecule has 0 spiro atoms. The number of nitro groups is 1. The van der Waals surface area contributed by atoms with E-state index < -0.39 is 17.1 Å². The van der Waals surface area contributed by atoms with Gasteiger partial charge < -0.3 is 19.3 Å². The van der Waals surface area contributed by atoms with Gasteiger partial charge in [0.2, 0.25) is 5.91 Å². The standard InChI is InChI=1S/C27H34N4O6S/c1-28(2)22-12-13-29(15-22)26(32)25-14-24(38-18-20-6-10-23(36-3)11-7-20)16-30(25)27(33)37-17-19-4-8-21(9-5-19)31(34)35/h4-11,22,24-25H,12-18H2,1-3H3/t22-,24+,25+/m1/s1. The Balaban J connectivity index is 1.41. The van der Waals surface area contributed by atoms with Crippen LogP contribution < -0.4 is 4.74 Å². The molecule has 4 rings (SSSR count). The minimum atomic E-state index is -0.575. The monoisotopic (exact) mass is 542 g/mol. The summed E-state index contributed by atoms with van der Waals surface area (Å²) in [7, 11) is 5.67.